The number of nitriles is 2. The fraction of sp³-hybridized carbons (Fsp3) is 0.551. The minimum Gasteiger partial charge on any atom is -0.494 e. The number of hydrogen-bond donors (Lipinski definition) is 13. The van der Waals surface area contributed by atoms with Crippen LogP contribution in [0.15, 0.2) is 60.9 Å². The summed E-state index contributed by atoms with van der Waals surface area (Å²) in [7, 11) is 0. The van der Waals surface area contributed by atoms with Gasteiger partial charge in [-0.1, -0.05) is 0 Å². The molecule has 40 heteroatoms. The minimum atomic E-state index is -3.23. The largest absolute Gasteiger partial charge is 0.494 e. The number of ether oxygens (including phenoxy) is 6. The molecule has 0 radical (unpaired) electrons. The first-order chi connectivity index (χ1) is 52.3. The van der Waals surface area contributed by atoms with Gasteiger partial charge in [0.05, 0.1) is 152 Å². The van der Waals surface area contributed by atoms with E-state index in [0.717, 1.165) is 9.80 Å². The van der Waals surface area contributed by atoms with Crippen molar-refractivity contribution in [1.82, 2.24) is 67.6 Å². The van der Waals surface area contributed by atoms with Gasteiger partial charge in [0, 0.05) is 68.5 Å². The summed E-state index contributed by atoms with van der Waals surface area (Å²) in [5.41, 5.74) is 1.10. The number of nitrogens with one attached hydrogen (secondary N) is 9. The molecule has 0 saturated carbocycles. The normalized spacial score (nSPS) is 15.9. The molecule has 0 spiro atoms. The van der Waals surface area contributed by atoms with Gasteiger partial charge >= 0.3 is 0 Å². The van der Waals surface area contributed by atoms with Gasteiger partial charge in [0.1, 0.15) is 47.8 Å². The third-order valence-electron chi connectivity index (χ3n) is 16.6. The number of fused-ring (bicyclic) bond motifs is 2. The quantitative estimate of drug-likeness (QED) is 0.0132. The predicted octanol–water partition coefficient (Wildman–Crippen LogP) is -1.79. The Morgan fingerprint density at radius 1 is 0.495 bits per heavy atom. The number of likely N-dealkylation sites (tertiary alicyclic amines) is 2. The average molecular weight is 1560 g/mol. The summed E-state index contributed by atoms with van der Waals surface area (Å²) in [6.45, 7) is -4.18. The summed E-state index contributed by atoms with van der Waals surface area (Å²) in [6.07, 6.45) is 2.54. The van der Waals surface area contributed by atoms with Crippen LogP contribution in [0.2, 0.25) is 0 Å². The van der Waals surface area contributed by atoms with Crippen molar-refractivity contribution in [3.8, 4) is 23.6 Å². The highest BCUT2D eigenvalue weighted by atomic mass is 32.1. The summed E-state index contributed by atoms with van der Waals surface area (Å²) in [4.78, 5) is 151. The molecule has 2 aliphatic rings. The number of thiol groups is 1. The molecule has 4 aromatic rings. The topological polar surface area (TPSA) is 492 Å². The molecule has 2 saturated heterocycles. The second-order valence-corrected chi connectivity index (χ2v) is 25.1. The average Bonchev–Trinajstić information content (AvgIpc) is 1.56. The molecule has 2 aliphatic heterocycles. The minimum absolute atomic E-state index is 0.0179. The number of rotatable bonds is 48. The highest BCUT2D eigenvalue weighted by Crippen LogP contribution is 2.33. The van der Waals surface area contributed by atoms with Crippen LogP contribution in [0.25, 0.3) is 21.8 Å². The van der Waals surface area contributed by atoms with Crippen molar-refractivity contribution in [2.45, 2.75) is 106 Å². The number of alkyl halides is 4. The lowest BCUT2D eigenvalue weighted by molar-refractivity contribution is -0.135. The molecule has 12 N–H and O–H groups in total. The second kappa shape index (κ2) is 45.6. The number of pyridine rings is 2. The molecule has 2 aromatic heterocycles. The van der Waals surface area contributed by atoms with E-state index in [1.165, 1.54) is 24.5 Å². The molecular formula is C69H89F4N15O20S. The Morgan fingerprint density at radius 3 is 1.39 bits per heavy atom. The number of benzene rings is 2. The van der Waals surface area contributed by atoms with E-state index in [4.69, 9.17) is 28.4 Å². The maximum absolute atomic E-state index is 14.0. The Kier molecular flexibility index (Phi) is 36.7. The number of unbranched alkanes of at least 4 members (excludes halogenated alkanes) is 2. The fourth-order valence-electron chi connectivity index (χ4n) is 10.9. The summed E-state index contributed by atoms with van der Waals surface area (Å²) in [5, 5.41) is 70.2. The number of hydrogen-bond acceptors (Lipinski definition) is 25. The van der Waals surface area contributed by atoms with Crippen LogP contribution in [0.1, 0.15) is 78.5 Å². The van der Waals surface area contributed by atoms with Crippen molar-refractivity contribution in [2.75, 3.05) is 137 Å². The van der Waals surface area contributed by atoms with Crippen molar-refractivity contribution in [2.24, 2.45) is 0 Å². The van der Waals surface area contributed by atoms with Crippen molar-refractivity contribution in [1.29, 1.82) is 10.5 Å². The lowest BCUT2D eigenvalue weighted by Crippen LogP contribution is -2.59. The maximum Gasteiger partial charge on any atom is 0.268 e. The fourth-order valence-corrected chi connectivity index (χ4v) is 11.0. The maximum atomic E-state index is 14.0. The lowest BCUT2D eigenvalue weighted by Gasteiger charge is -2.23. The zero-order valence-corrected chi connectivity index (χ0v) is 60.3. The first kappa shape index (κ1) is 87.7. The summed E-state index contributed by atoms with van der Waals surface area (Å²) in [6, 6.07) is 7.58. The smallest absolute Gasteiger partial charge is 0.268 e. The van der Waals surface area contributed by atoms with Gasteiger partial charge in [-0.3, -0.25) is 62.7 Å². The van der Waals surface area contributed by atoms with E-state index in [2.05, 4.69) is 70.4 Å². The van der Waals surface area contributed by atoms with Crippen LogP contribution in [-0.2, 0) is 62.1 Å². The third kappa shape index (κ3) is 29.4. The molecule has 6 rings (SSSR count). The molecule has 0 aliphatic carbocycles. The Balaban J connectivity index is 0.890. The number of halogens is 4. The summed E-state index contributed by atoms with van der Waals surface area (Å²) >= 11 is 3.76. The third-order valence-corrected chi connectivity index (χ3v) is 16.8. The molecule has 6 atom stereocenters. The van der Waals surface area contributed by atoms with Crippen molar-refractivity contribution in [3.05, 3.63) is 72.1 Å². The standard InChI is InChI=1S/C69H89F4N15O20S/c70-68(71)31-43(33-74)87(41-68)60(95)35-81-62(97)47-11-16-76-51-7-5-45(29-49(47)51)107-19-3-1-14-78-57(92)10-9-53(64(99)79-15-2-4-20-108-46-6-8-52-50(30-46)48(12-17-77-52)63(98)82-36-61(96)88-42-69(72,73)32-44(88)34-75)83-58(93)13-21-103-23-25-105-27-28-106-26-24-104-22-18-80-65(100)54(37-89)85-67(102)56(39-91)86-66(101)55(38-90)84-59(94)40-109/h5-8,11-12,16-17,29-30,43-44,53-56,89-91,109H,1-4,9-10,13-15,18-28,31-32,35-42H2,(H,78,92)(H,79,99)(H,80,100)(H,81,97)(H,82,98)(H,83,93)(H,84,94)(H,85,102)(H,86,101)/t43?,44-,53-,54?,55?,56?/m0/s1. The Morgan fingerprint density at radius 2 is 0.917 bits per heavy atom. The van der Waals surface area contributed by atoms with Crippen LogP contribution in [0.5, 0.6) is 11.5 Å². The molecule has 2 fully saturated rings. The van der Waals surface area contributed by atoms with Gasteiger partial charge in [0.2, 0.25) is 53.2 Å². The predicted molar refractivity (Wildman–Crippen MR) is 378 cm³/mol. The van der Waals surface area contributed by atoms with Gasteiger partial charge < -0.3 is 101 Å². The highest BCUT2D eigenvalue weighted by molar-refractivity contribution is 7.81. The van der Waals surface area contributed by atoms with Crippen molar-refractivity contribution >= 4 is 99.4 Å². The molecule has 2 aromatic carbocycles. The van der Waals surface area contributed by atoms with Crippen LogP contribution in [0, 0.1) is 22.7 Å². The first-order valence-corrected chi connectivity index (χ1v) is 35.5. The summed E-state index contributed by atoms with van der Waals surface area (Å²) in [5.74, 6) is -14.1. The second-order valence-electron chi connectivity index (χ2n) is 24.7. The zero-order valence-electron chi connectivity index (χ0n) is 59.4. The molecule has 109 heavy (non-hydrogen) atoms. The SMILES string of the molecule is N#CC1CC(F)(F)CN1C(=O)CNC(=O)c1ccnc2ccc(OCCCCNC(=O)CC[C@H](NC(=O)CCOCCOCCOCCOCCNC(=O)C(CO)NC(=O)C(CO)NC(=O)C(CO)NC(=O)CS)C(=O)NCCCCOc3ccc4nccc(C(=O)NCC(=O)N5CC(F)(F)C[C@H]5C#N)c4c3)cc12. The van der Waals surface area contributed by atoms with E-state index in [0.29, 0.717) is 59.0 Å². The van der Waals surface area contributed by atoms with Gasteiger partial charge in [-0.15, -0.1) is 0 Å². The van der Waals surface area contributed by atoms with E-state index in [1.54, 1.807) is 48.5 Å². The molecular weight excluding hydrogens is 1470 g/mol. The summed E-state index contributed by atoms with van der Waals surface area (Å²) < 4.78 is 89.7. The molecule has 11 amide bonds. The monoisotopic (exact) mass is 1560 g/mol. The van der Waals surface area contributed by atoms with Gasteiger partial charge in [-0.05, 0) is 80.6 Å². The number of nitrogens with zero attached hydrogens (tertiary/aromatic N) is 6. The van der Waals surface area contributed by atoms with Crippen LogP contribution in [-0.4, -0.2) is 286 Å². The van der Waals surface area contributed by atoms with E-state index in [-0.39, 0.29) is 122 Å². The molecule has 4 heterocycles. The van der Waals surface area contributed by atoms with Gasteiger partial charge in [0.25, 0.3) is 23.7 Å². The Bertz CT molecular complexity index is 3860. The number of aromatic nitrogens is 2. The van der Waals surface area contributed by atoms with Crippen molar-refractivity contribution < 1.29 is 114 Å². The van der Waals surface area contributed by atoms with E-state index in [9.17, 15) is 96.1 Å². The van der Waals surface area contributed by atoms with Gasteiger partial charge in [-0.25, -0.2) is 17.6 Å². The lowest BCUT2D eigenvalue weighted by atomic mass is 10.1. The van der Waals surface area contributed by atoms with E-state index in [1.807, 2.05) is 0 Å². The molecule has 594 valence electrons. The molecule has 0 bridgehead atoms. The van der Waals surface area contributed by atoms with Crippen LogP contribution >= 0.6 is 12.6 Å². The number of carbonyl (C=O) groups is 11. The van der Waals surface area contributed by atoms with E-state index >= 15 is 0 Å². The van der Waals surface area contributed by atoms with E-state index < -0.39 is 172 Å². The molecule has 35 nitrogen and oxygen atoms in total. The van der Waals surface area contributed by atoms with Crippen LogP contribution in [0.4, 0.5) is 17.6 Å². The van der Waals surface area contributed by atoms with Gasteiger partial charge in [-0.2, -0.15) is 23.2 Å². The number of amides is 11. The number of carbonyl (C=O) groups excluding carboxylic acids is 11. The van der Waals surface area contributed by atoms with Crippen LogP contribution in [0.3, 0.4) is 0 Å². The Labute approximate surface area is 628 Å². The first-order valence-electron chi connectivity index (χ1n) is 34.8. The molecule has 4 unspecified atom stereocenters. The highest BCUT2D eigenvalue weighted by Gasteiger charge is 2.48. The van der Waals surface area contributed by atoms with Crippen molar-refractivity contribution in [3.63, 3.8) is 0 Å². The van der Waals surface area contributed by atoms with Gasteiger partial charge in [0.15, 0.2) is 0 Å². The van der Waals surface area contributed by atoms with Crippen LogP contribution < -0.4 is 57.3 Å². The Hall–Kier alpha value is -10.2. The zero-order chi connectivity index (χ0) is 79.3. The number of aliphatic hydroxyl groups excluding tert-OH is 3. The number of aliphatic hydroxyl groups is 3.